The smallest absolute Gasteiger partial charge is 0.151 e. The molecular weight excluding hydrogens is 224 g/mol. The van der Waals surface area contributed by atoms with Gasteiger partial charge in [-0.1, -0.05) is 27.7 Å². The SMILES string of the molecule is CCN(CC(C)C)c1ccc(CNC(C)C)nn1. The predicted octanol–water partition coefficient (Wildman–Crippen LogP) is 2.46. The molecule has 1 aromatic rings. The van der Waals surface area contributed by atoms with Gasteiger partial charge in [-0.05, 0) is 25.0 Å². The molecule has 0 atom stereocenters. The van der Waals surface area contributed by atoms with E-state index in [1.165, 1.54) is 0 Å². The highest BCUT2D eigenvalue weighted by Crippen LogP contribution is 2.11. The molecule has 4 heteroatoms. The van der Waals surface area contributed by atoms with Gasteiger partial charge < -0.3 is 10.2 Å². The molecule has 0 aliphatic rings. The van der Waals surface area contributed by atoms with E-state index < -0.39 is 0 Å². The molecule has 0 aromatic carbocycles. The second kappa shape index (κ2) is 7.31. The molecular formula is C14H26N4. The van der Waals surface area contributed by atoms with Crippen molar-refractivity contribution in [2.24, 2.45) is 5.92 Å². The standard InChI is InChI=1S/C14H26N4/c1-6-18(10-11(2)3)14-8-7-13(16-17-14)9-15-12(4)5/h7-8,11-12,15H,6,9-10H2,1-5H3. The Morgan fingerprint density at radius 3 is 2.33 bits per heavy atom. The minimum atomic E-state index is 0.472. The van der Waals surface area contributed by atoms with E-state index in [9.17, 15) is 0 Å². The van der Waals surface area contributed by atoms with Gasteiger partial charge in [0.2, 0.25) is 0 Å². The first-order valence-electron chi connectivity index (χ1n) is 6.83. The van der Waals surface area contributed by atoms with E-state index >= 15 is 0 Å². The van der Waals surface area contributed by atoms with E-state index in [1.807, 2.05) is 0 Å². The molecule has 0 unspecified atom stereocenters. The monoisotopic (exact) mass is 250 g/mol. The van der Waals surface area contributed by atoms with Crippen LogP contribution in [-0.4, -0.2) is 29.3 Å². The van der Waals surface area contributed by atoms with Crippen LogP contribution in [-0.2, 0) is 6.54 Å². The lowest BCUT2D eigenvalue weighted by Crippen LogP contribution is -2.28. The first-order valence-corrected chi connectivity index (χ1v) is 6.83. The van der Waals surface area contributed by atoms with E-state index in [1.54, 1.807) is 0 Å². The van der Waals surface area contributed by atoms with Gasteiger partial charge in [0, 0.05) is 25.7 Å². The molecule has 0 amide bonds. The zero-order chi connectivity index (χ0) is 13.5. The molecule has 0 fully saturated rings. The summed E-state index contributed by atoms with van der Waals surface area (Å²) in [7, 11) is 0. The maximum absolute atomic E-state index is 4.32. The molecule has 18 heavy (non-hydrogen) atoms. The van der Waals surface area contributed by atoms with Crippen LogP contribution >= 0.6 is 0 Å². The Kier molecular flexibility index (Phi) is 6.05. The summed E-state index contributed by atoms with van der Waals surface area (Å²) in [5, 5.41) is 11.9. The summed E-state index contributed by atoms with van der Waals surface area (Å²) in [5.41, 5.74) is 0.994. The highest BCUT2D eigenvalue weighted by Gasteiger charge is 2.08. The minimum Gasteiger partial charge on any atom is -0.355 e. The number of hydrogen-bond donors (Lipinski definition) is 1. The lowest BCUT2D eigenvalue weighted by atomic mass is 10.2. The van der Waals surface area contributed by atoms with Crippen LogP contribution in [0.15, 0.2) is 12.1 Å². The van der Waals surface area contributed by atoms with Crippen molar-refractivity contribution in [1.82, 2.24) is 15.5 Å². The van der Waals surface area contributed by atoms with E-state index in [0.29, 0.717) is 12.0 Å². The lowest BCUT2D eigenvalue weighted by Gasteiger charge is -2.23. The summed E-state index contributed by atoms with van der Waals surface area (Å²) in [6, 6.07) is 4.59. The van der Waals surface area contributed by atoms with Crippen LogP contribution in [0.25, 0.3) is 0 Å². The van der Waals surface area contributed by atoms with Gasteiger partial charge in [-0.2, -0.15) is 5.10 Å². The highest BCUT2D eigenvalue weighted by molar-refractivity contribution is 5.37. The van der Waals surface area contributed by atoms with Gasteiger partial charge in [-0.25, -0.2) is 0 Å². The number of nitrogens with one attached hydrogen (secondary N) is 1. The van der Waals surface area contributed by atoms with Crippen molar-refractivity contribution < 1.29 is 0 Å². The van der Waals surface area contributed by atoms with Gasteiger partial charge in [0.25, 0.3) is 0 Å². The molecule has 102 valence electrons. The Bertz CT molecular complexity index is 332. The third-order valence-electron chi connectivity index (χ3n) is 2.69. The van der Waals surface area contributed by atoms with Crippen LogP contribution < -0.4 is 10.2 Å². The van der Waals surface area contributed by atoms with Gasteiger partial charge in [-0.15, -0.1) is 5.10 Å². The van der Waals surface area contributed by atoms with Crippen molar-refractivity contribution in [3.8, 4) is 0 Å². The molecule has 0 saturated heterocycles. The molecule has 0 radical (unpaired) electrons. The van der Waals surface area contributed by atoms with E-state index in [2.05, 4.69) is 67.2 Å². The van der Waals surface area contributed by atoms with Crippen molar-refractivity contribution in [2.45, 2.75) is 47.2 Å². The fourth-order valence-corrected chi connectivity index (χ4v) is 1.75. The molecule has 1 N–H and O–H groups in total. The van der Waals surface area contributed by atoms with Crippen LogP contribution in [0.1, 0.15) is 40.3 Å². The second-order valence-electron chi connectivity index (χ2n) is 5.35. The fraction of sp³-hybridized carbons (Fsp3) is 0.714. The van der Waals surface area contributed by atoms with Gasteiger partial charge in [0.15, 0.2) is 5.82 Å². The molecule has 4 nitrogen and oxygen atoms in total. The number of aromatic nitrogens is 2. The van der Waals surface area contributed by atoms with Gasteiger partial charge in [0.1, 0.15) is 0 Å². The van der Waals surface area contributed by atoms with Crippen molar-refractivity contribution >= 4 is 5.82 Å². The fourth-order valence-electron chi connectivity index (χ4n) is 1.75. The summed E-state index contributed by atoms with van der Waals surface area (Å²) in [6.45, 7) is 13.6. The number of anilines is 1. The van der Waals surface area contributed by atoms with E-state index in [4.69, 9.17) is 0 Å². The van der Waals surface area contributed by atoms with E-state index in [-0.39, 0.29) is 0 Å². The third-order valence-corrected chi connectivity index (χ3v) is 2.69. The molecule has 1 rings (SSSR count). The number of rotatable bonds is 7. The predicted molar refractivity (Wildman–Crippen MR) is 76.7 cm³/mol. The van der Waals surface area contributed by atoms with Gasteiger partial charge >= 0.3 is 0 Å². The van der Waals surface area contributed by atoms with Crippen molar-refractivity contribution in [1.29, 1.82) is 0 Å². The zero-order valence-corrected chi connectivity index (χ0v) is 12.3. The quantitative estimate of drug-likeness (QED) is 0.807. The Labute approximate surface area is 111 Å². The van der Waals surface area contributed by atoms with Crippen molar-refractivity contribution in [3.05, 3.63) is 17.8 Å². The summed E-state index contributed by atoms with van der Waals surface area (Å²) in [6.07, 6.45) is 0. The average Bonchev–Trinajstić information content (AvgIpc) is 2.34. The largest absolute Gasteiger partial charge is 0.355 e. The molecule has 0 aliphatic carbocycles. The second-order valence-corrected chi connectivity index (χ2v) is 5.35. The Morgan fingerprint density at radius 2 is 1.89 bits per heavy atom. The normalized spacial score (nSPS) is 11.3. The van der Waals surface area contributed by atoms with Crippen LogP contribution in [0, 0.1) is 5.92 Å². The Hall–Kier alpha value is -1.16. The molecule has 0 saturated carbocycles. The summed E-state index contributed by atoms with van der Waals surface area (Å²) >= 11 is 0. The first kappa shape index (κ1) is 14.9. The van der Waals surface area contributed by atoms with Crippen LogP contribution in [0.3, 0.4) is 0 Å². The van der Waals surface area contributed by atoms with Crippen molar-refractivity contribution in [3.63, 3.8) is 0 Å². The van der Waals surface area contributed by atoms with Crippen molar-refractivity contribution in [2.75, 3.05) is 18.0 Å². The Morgan fingerprint density at radius 1 is 1.17 bits per heavy atom. The molecule has 0 bridgehead atoms. The van der Waals surface area contributed by atoms with E-state index in [0.717, 1.165) is 31.1 Å². The molecule has 0 spiro atoms. The summed E-state index contributed by atoms with van der Waals surface area (Å²) < 4.78 is 0. The lowest BCUT2D eigenvalue weighted by molar-refractivity contribution is 0.575. The van der Waals surface area contributed by atoms with Crippen LogP contribution in [0.5, 0.6) is 0 Å². The highest BCUT2D eigenvalue weighted by atomic mass is 15.3. The zero-order valence-electron chi connectivity index (χ0n) is 12.3. The minimum absolute atomic E-state index is 0.472. The van der Waals surface area contributed by atoms with Gasteiger partial charge in [-0.3, -0.25) is 0 Å². The maximum atomic E-state index is 4.32. The van der Waals surface area contributed by atoms with Crippen LogP contribution in [0.2, 0.25) is 0 Å². The Balaban J connectivity index is 2.62. The summed E-state index contributed by atoms with van der Waals surface area (Å²) in [4.78, 5) is 2.26. The molecule has 1 heterocycles. The average molecular weight is 250 g/mol. The summed E-state index contributed by atoms with van der Waals surface area (Å²) in [5.74, 6) is 1.61. The molecule has 0 aliphatic heterocycles. The first-order chi connectivity index (χ1) is 8.52. The molecule has 1 aromatic heterocycles. The topological polar surface area (TPSA) is 41.0 Å². The van der Waals surface area contributed by atoms with Crippen LogP contribution in [0.4, 0.5) is 5.82 Å². The third kappa shape index (κ3) is 5.00. The number of hydrogen-bond acceptors (Lipinski definition) is 4. The van der Waals surface area contributed by atoms with Gasteiger partial charge in [0.05, 0.1) is 5.69 Å². The number of nitrogens with zero attached hydrogens (tertiary/aromatic N) is 3. The maximum Gasteiger partial charge on any atom is 0.151 e.